The van der Waals surface area contributed by atoms with Crippen LogP contribution >= 0.6 is 11.3 Å². The third-order valence-electron chi connectivity index (χ3n) is 3.22. The normalized spacial score (nSPS) is 12.0. The lowest BCUT2D eigenvalue weighted by Gasteiger charge is -2.16. The number of benzene rings is 2. The topological polar surface area (TPSA) is 42.0 Å². The Labute approximate surface area is 128 Å². The van der Waals surface area contributed by atoms with E-state index >= 15 is 0 Å². The molecule has 0 atom stereocenters. The van der Waals surface area contributed by atoms with Gasteiger partial charge in [-0.25, -0.2) is 4.98 Å². The second kappa shape index (κ2) is 5.11. The van der Waals surface area contributed by atoms with Gasteiger partial charge in [-0.3, -0.25) is 4.79 Å². The molecule has 0 saturated heterocycles. The number of rotatable bonds is 2. The minimum atomic E-state index is -0.0204. The van der Waals surface area contributed by atoms with Crippen LogP contribution in [0.5, 0.6) is 0 Å². The highest BCUT2D eigenvalue weighted by Gasteiger charge is 2.17. The molecule has 0 saturated carbocycles. The third kappa shape index (κ3) is 3.05. The van der Waals surface area contributed by atoms with Gasteiger partial charge in [0.1, 0.15) is 0 Å². The van der Waals surface area contributed by atoms with Crippen molar-refractivity contribution >= 4 is 43.4 Å². The molecule has 108 valence electrons. The lowest BCUT2D eigenvalue weighted by Crippen LogP contribution is -2.19. The number of carbonyl (C=O) groups excluding carboxylic acids is 1. The average molecular weight is 298 g/mol. The number of hydrogen-bond acceptors (Lipinski definition) is 3. The zero-order valence-electron chi connectivity index (χ0n) is 12.4. The summed E-state index contributed by atoms with van der Waals surface area (Å²) in [5.41, 5.74) is 0.942. The summed E-state index contributed by atoms with van der Waals surface area (Å²) >= 11 is 1.52. The second-order valence-corrected chi connectivity index (χ2v) is 7.47. The highest BCUT2D eigenvalue weighted by molar-refractivity contribution is 7.22. The molecule has 2 aromatic carbocycles. The largest absolute Gasteiger partial charge is 0.302 e. The number of amides is 1. The molecule has 3 rings (SSSR count). The molecule has 3 aromatic rings. The first kappa shape index (κ1) is 14.0. The van der Waals surface area contributed by atoms with Gasteiger partial charge in [0, 0.05) is 11.8 Å². The number of anilines is 1. The van der Waals surface area contributed by atoms with E-state index in [0.29, 0.717) is 11.6 Å². The lowest BCUT2D eigenvalue weighted by molar-refractivity contribution is -0.117. The molecule has 1 aromatic heterocycles. The molecule has 0 bridgehead atoms. The molecule has 0 unspecified atom stereocenters. The van der Waals surface area contributed by atoms with Crippen molar-refractivity contribution in [2.75, 3.05) is 5.32 Å². The molecule has 0 spiro atoms. The zero-order valence-corrected chi connectivity index (χ0v) is 13.3. The van der Waals surface area contributed by atoms with Crippen LogP contribution < -0.4 is 5.32 Å². The Morgan fingerprint density at radius 3 is 2.71 bits per heavy atom. The third-order valence-corrected chi connectivity index (χ3v) is 4.16. The fraction of sp³-hybridized carbons (Fsp3) is 0.294. The quantitative estimate of drug-likeness (QED) is 0.736. The number of fused-ring (bicyclic) bond motifs is 3. The minimum Gasteiger partial charge on any atom is -0.302 e. The molecule has 1 heterocycles. The summed E-state index contributed by atoms with van der Waals surface area (Å²) in [7, 11) is 0. The van der Waals surface area contributed by atoms with Gasteiger partial charge in [-0.05, 0) is 16.9 Å². The summed E-state index contributed by atoms with van der Waals surface area (Å²) in [6.45, 7) is 6.16. The first-order chi connectivity index (χ1) is 9.92. The molecule has 1 N–H and O–H groups in total. The Bertz CT molecular complexity index is 814. The van der Waals surface area contributed by atoms with Crippen LogP contribution in [0.25, 0.3) is 21.0 Å². The summed E-state index contributed by atoms with van der Waals surface area (Å²) in [5.74, 6) is 0.0193. The van der Waals surface area contributed by atoms with Crippen LogP contribution in [0.15, 0.2) is 36.4 Å². The van der Waals surface area contributed by atoms with Crippen molar-refractivity contribution in [1.82, 2.24) is 4.98 Å². The summed E-state index contributed by atoms with van der Waals surface area (Å²) in [4.78, 5) is 16.6. The standard InChI is InChI=1S/C17H18N2OS/c1-17(2,3)10-14(20)18-16-19-15-12-7-5-4-6-11(12)8-9-13(15)21-16/h4-9H,10H2,1-3H3,(H,18,19,20). The van der Waals surface area contributed by atoms with Crippen LogP contribution in [0.4, 0.5) is 5.13 Å². The number of aromatic nitrogens is 1. The monoisotopic (exact) mass is 298 g/mol. The Morgan fingerprint density at radius 1 is 1.19 bits per heavy atom. The van der Waals surface area contributed by atoms with Crippen LogP contribution in [-0.2, 0) is 4.79 Å². The van der Waals surface area contributed by atoms with Gasteiger partial charge in [-0.15, -0.1) is 0 Å². The molecule has 4 heteroatoms. The highest BCUT2D eigenvalue weighted by Crippen LogP contribution is 2.32. The molecule has 21 heavy (non-hydrogen) atoms. The molecule has 0 aliphatic heterocycles. The Kier molecular flexibility index (Phi) is 3.41. The number of nitrogens with zero attached hydrogens (tertiary/aromatic N) is 1. The highest BCUT2D eigenvalue weighted by atomic mass is 32.1. The Balaban J connectivity index is 1.94. The number of hydrogen-bond donors (Lipinski definition) is 1. The summed E-state index contributed by atoms with van der Waals surface area (Å²) in [5, 5.41) is 5.89. The predicted molar refractivity (Wildman–Crippen MR) is 89.8 cm³/mol. The Hall–Kier alpha value is -1.94. The molecule has 0 aliphatic rings. The first-order valence-electron chi connectivity index (χ1n) is 7.00. The molecule has 3 nitrogen and oxygen atoms in total. The smallest absolute Gasteiger partial charge is 0.226 e. The van der Waals surface area contributed by atoms with Crippen molar-refractivity contribution in [3.8, 4) is 0 Å². The summed E-state index contributed by atoms with van der Waals surface area (Å²) in [6.07, 6.45) is 0.490. The van der Waals surface area contributed by atoms with Crippen LogP contribution in [0, 0.1) is 5.41 Å². The van der Waals surface area contributed by atoms with E-state index in [9.17, 15) is 4.79 Å². The molecule has 0 aliphatic carbocycles. The average Bonchev–Trinajstić information content (AvgIpc) is 2.79. The van der Waals surface area contributed by atoms with Crippen molar-refractivity contribution in [1.29, 1.82) is 0 Å². The predicted octanol–water partition coefficient (Wildman–Crippen LogP) is 4.82. The van der Waals surface area contributed by atoms with Gasteiger partial charge in [0.05, 0.1) is 10.2 Å². The van der Waals surface area contributed by atoms with E-state index in [2.05, 4.69) is 55.3 Å². The second-order valence-electron chi connectivity index (χ2n) is 6.44. The summed E-state index contributed by atoms with van der Waals surface area (Å²) in [6, 6.07) is 12.3. The van der Waals surface area contributed by atoms with Crippen molar-refractivity contribution < 1.29 is 4.79 Å². The first-order valence-corrected chi connectivity index (χ1v) is 7.82. The van der Waals surface area contributed by atoms with E-state index in [0.717, 1.165) is 15.6 Å². The Morgan fingerprint density at radius 2 is 1.95 bits per heavy atom. The van der Waals surface area contributed by atoms with Crippen LogP contribution in [-0.4, -0.2) is 10.9 Å². The van der Waals surface area contributed by atoms with E-state index in [1.54, 1.807) is 0 Å². The summed E-state index contributed by atoms with van der Waals surface area (Å²) < 4.78 is 1.10. The van der Waals surface area contributed by atoms with Gasteiger partial charge >= 0.3 is 0 Å². The van der Waals surface area contributed by atoms with Crippen molar-refractivity contribution in [3.05, 3.63) is 36.4 Å². The lowest BCUT2D eigenvalue weighted by atomic mass is 9.92. The van der Waals surface area contributed by atoms with Crippen LogP contribution in [0.1, 0.15) is 27.2 Å². The number of thiazole rings is 1. The minimum absolute atomic E-state index is 0.0193. The van der Waals surface area contributed by atoms with Crippen molar-refractivity contribution in [3.63, 3.8) is 0 Å². The maximum absolute atomic E-state index is 12.0. The molecule has 1 amide bonds. The van der Waals surface area contributed by atoms with Crippen molar-refractivity contribution in [2.45, 2.75) is 27.2 Å². The van der Waals surface area contributed by atoms with Gasteiger partial charge in [0.25, 0.3) is 0 Å². The maximum Gasteiger partial charge on any atom is 0.226 e. The van der Waals surface area contributed by atoms with Crippen LogP contribution in [0.2, 0.25) is 0 Å². The van der Waals surface area contributed by atoms with Gasteiger partial charge in [-0.2, -0.15) is 0 Å². The number of carbonyl (C=O) groups is 1. The zero-order chi connectivity index (χ0) is 15.0. The molecular formula is C17H18N2OS. The maximum atomic E-state index is 12.0. The van der Waals surface area contributed by atoms with E-state index in [-0.39, 0.29) is 11.3 Å². The van der Waals surface area contributed by atoms with E-state index in [1.807, 2.05) is 12.1 Å². The fourth-order valence-electron chi connectivity index (χ4n) is 2.36. The van der Waals surface area contributed by atoms with Gasteiger partial charge in [0.15, 0.2) is 5.13 Å². The van der Waals surface area contributed by atoms with Gasteiger partial charge < -0.3 is 5.32 Å². The van der Waals surface area contributed by atoms with E-state index in [1.165, 1.54) is 16.7 Å². The van der Waals surface area contributed by atoms with Gasteiger partial charge in [-0.1, -0.05) is 62.4 Å². The molecule has 0 radical (unpaired) electrons. The molecule has 0 fully saturated rings. The number of nitrogens with one attached hydrogen (secondary N) is 1. The fourth-order valence-corrected chi connectivity index (χ4v) is 3.26. The van der Waals surface area contributed by atoms with E-state index in [4.69, 9.17) is 0 Å². The van der Waals surface area contributed by atoms with E-state index < -0.39 is 0 Å². The van der Waals surface area contributed by atoms with Gasteiger partial charge in [0.2, 0.25) is 5.91 Å². The van der Waals surface area contributed by atoms with Crippen LogP contribution in [0.3, 0.4) is 0 Å². The molecular weight excluding hydrogens is 280 g/mol. The SMILES string of the molecule is CC(C)(C)CC(=O)Nc1nc2c(ccc3ccccc32)s1. The van der Waals surface area contributed by atoms with Crippen molar-refractivity contribution in [2.24, 2.45) is 5.41 Å².